The van der Waals surface area contributed by atoms with Gasteiger partial charge in [0.2, 0.25) is 5.88 Å². The van der Waals surface area contributed by atoms with E-state index in [1.807, 2.05) is 0 Å². The number of alkyl halides is 3. The summed E-state index contributed by atoms with van der Waals surface area (Å²) in [4.78, 5) is 12.0. The number of likely N-dealkylation sites (N-methyl/N-ethyl adjacent to an activating group) is 1. The SMILES string of the molecule is CCN(C[C@H](C)Oc1cc(COC)nn1C)C(=O)C(F)(F)F. The van der Waals surface area contributed by atoms with Crippen LogP contribution in [0.5, 0.6) is 5.88 Å². The van der Waals surface area contributed by atoms with Crippen molar-refractivity contribution in [3.8, 4) is 5.88 Å². The van der Waals surface area contributed by atoms with Gasteiger partial charge in [0.05, 0.1) is 18.8 Å². The molecule has 9 heteroatoms. The van der Waals surface area contributed by atoms with Gasteiger partial charge in [-0.25, -0.2) is 4.68 Å². The van der Waals surface area contributed by atoms with E-state index in [1.54, 1.807) is 20.0 Å². The maximum atomic E-state index is 12.5. The number of amides is 1. The molecule has 0 saturated heterocycles. The predicted octanol–water partition coefficient (Wildman–Crippen LogP) is 1.74. The van der Waals surface area contributed by atoms with Crippen LogP contribution in [0, 0.1) is 0 Å². The Balaban J connectivity index is 2.68. The quantitative estimate of drug-likeness (QED) is 0.767. The normalized spacial score (nSPS) is 13.0. The molecule has 0 radical (unpaired) electrons. The molecular formula is C13H20F3N3O3. The molecule has 0 unspecified atom stereocenters. The van der Waals surface area contributed by atoms with E-state index in [1.165, 1.54) is 18.7 Å². The third-order valence-electron chi connectivity index (χ3n) is 2.89. The van der Waals surface area contributed by atoms with E-state index in [4.69, 9.17) is 9.47 Å². The molecule has 0 bridgehead atoms. The molecule has 0 fully saturated rings. The number of methoxy groups -OCH3 is 1. The van der Waals surface area contributed by atoms with Crippen LogP contribution in [0.15, 0.2) is 6.07 Å². The van der Waals surface area contributed by atoms with Gasteiger partial charge in [0, 0.05) is 26.8 Å². The Labute approximate surface area is 126 Å². The summed E-state index contributed by atoms with van der Waals surface area (Å²) in [6.45, 7) is 3.16. The highest BCUT2D eigenvalue weighted by atomic mass is 19.4. The number of ether oxygens (including phenoxy) is 2. The average Bonchev–Trinajstić information content (AvgIpc) is 2.74. The van der Waals surface area contributed by atoms with Crippen molar-refractivity contribution in [2.24, 2.45) is 7.05 Å². The van der Waals surface area contributed by atoms with Crippen molar-refractivity contribution in [1.29, 1.82) is 0 Å². The van der Waals surface area contributed by atoms with Gasteiger partial charge in [-0.2, -0.15) is 18.3 Å². The third kappa shape index (κ3) is 4.90. The molecule has 0 saturated carbocycles. The van der Waals surface area contributed by atoms with Gasteiger partial charge >= 0.3 is 12.1 Å². The van der Waals surface area contributed by atoms with Crippen molar-refractivity contribution >= 4 is 5.91 Å². The van der Waals surface area contributed by atoms with Crippen LogP contribution in [0.3, 0.4) is 0 Å². The fourth-order valence-corrected chi connectivity index (χ4v) is 1.92. The molecule has 6 nitrogen and oxygen atoms in total. The van der Waals surface area contributed by atoms with Gasteiger partial charge in [-0.3, -0.25) is 4.79 Å². The Kier molecular flexibility index (Phi) is 6.21. The summed E-state index contributed by atoms with van der Waals surface area (Å²) >= 11 is 0. The lowest BCUT2D eigenvalue weighted by Crippen LogP contribution is -2.45. The summed E-state index contributed by atoms with van der Waals surface area (Å²) in [7, 11) is 3.18. The average molecular weight is 323 g/mol. The molecule has 22 heavy (non-hydrogen) atoms. The summed E-state index contributed by atoms with van der Waals surface area (Å²) in [6, 6.07) is 1.64. The van der Waals surface area contributed by atoms with Crippen LogP contribution >= 0.6 is 0 Å². The molecule has 0 aromatic carbocycles. The second kappa shape index (κ2) is 7.48. The fraction of sp³-hybridized carbons (Fsp3) is 0.692. The first-order valence-corrected chi connectivity index (χ1v) is 6.73. The van der Waals surface area contributed by atoms with Crippen LogP contribution in [-0.2, 0) is 23.2 Å². The van der Waals surface area contributed by atoms with Crippen LogP contribution in [0.1, 0.15) is 19.5 Å². The Hall–Kier alpha value is -1.77. The Morgan fingerprint density at radius 2 is 2.14 bits per heavy atom. The van der Waals surface area contributed by atoms with Crippen LogP contribution in [-0.4, -0.2) is 53.1 Å². The molecule has 0 spiro atoms. The monoisotopic (exact) mass is 323 g/mol. The van der Waals surface area contributed by atoms with Gasteiger partial charge in [0.25, 0.3) is 0 Å². The number of hydrogen-bond donors (Lipinski definition) is 0. The number of halogens is 3. The molecule has 1 amide bonds. The summed E-state index contributed by atoms with van der Waals surface area (Å²) < 4.78 is 49.3. The Morgan fingerprint density at radius 1 is 1.50 bits per heavy atom. The zero-order valence-corrected chi connectivity index (χ0v) is 13.0. The largest absolute Gasteiger partial charge is 0.473 e. The molecule has 1 aromatic rings. The van der Waals surface area contributed by atoms with E-state index in [9.17, 15) is 18.0 Å². The summed E-state index contributed by atoms with van der Waals surface area (Å²) in [6.07, 6.45) is -5.49. The number of aryl methyl sites for hydroxylation is 1. The van der Waals surface area contributed by atoms with Gasteiger partial charge in [0.15, 0.2) is 0 Å². The Bertz CT molecular complexity index is 502. The van der Waals surface area contributed by atoms with Crippen LogP contribution in [0.2, 0.25) is 0 Å². The molecule has 0 N–H and O–H groups in total. The Morgan fingerprint density at radius 3 is 2.64 bits per heavy atom. The molecule has 1 atom stereocenters. The lowest BCUT2D eigenvalue weighted by atomic mass is 10.3. The highest BCUT2D eigenvalue weighted by molar-refractivity contribution is 5.81. The third-order valence-corrected chi connectivity index (χ3v) is 2.89. The van der Waals surface area contributed by atoms with Crippen LogP contribution in [0.25, 0.3) is 0 Å². The van der Waals surface area contributed by atoms with Crippen molar-refractivity contribution in [2.45, 2.75) is 32.7 Å². The fourth-order valence-electron chi connectivity index (χ4n) is 1.92. The zero-order chi connectivity index (χ0) is 16.9. The highest BCUT2D eigenvalue weighted by Gasteiger charge is 2.42. The van der Waals surface area contributed by atoms with Crippen LogP contribution in [0.4, 0.5) is 13.2 Å². The van der Waals surface area contributed by atoms with E-state index in [0.29, 0.717) is 23.1 Å². The number of carbonyl (C=O) groups excluding carboxylic acids is 1. The van der Waals surface area contributed by atoms with E-state index >= 15 is 0 Å². The van der Waals surface area contributed by atoms with Gasteiger partial charge in [-0.1, -0.05) is 0 Å². The zero-order valence-electron chi connectivity index (χ0n) is 13.0. The van der Waals surface area contributed by atoms with E-state index in [-0.39, 0.29) is 13.1 Å². The van der Waals surface area contributed by atoms with Gasteiger partial charge in [0.1, 0.15) is 6.10 Å². The standard InChI is InChI=1S/C13H20F3N3O3/c1-5-19(12(20)13(14,15)16)7-9(2)22-11-6-10(8-21-4)17-18(11)3/h6,9H,5,7-8H2,1-4H3/t9-/m0/s1. The predicted molar refractivity (Wildman–Crippen MR) is 72.3 cm³/mol. The summed E-state index contributed by atoms with van der Waals surface area (Å²) in [5.41, 5.74) is 0.644. The van der Waals surface area contributed by atoms with Crippen molar-refractivity contribution in [1.82, 2.24) is 14.7 Å². The second-order valence-electron chi connectivity index (χ2n) is 4.80. The summed E-state index contributed by atoms with van der Waals surface area (Å²) in [5, 5.41) is 4.13. The smallest absolute Gasteiger partial charge is 0.471 e. The second-order valence-corrected chi connectivity index (χ2v) is 4.80. The van der Waals surface area contributed by atoms with Crippen molar-refractivity contribution < 1.29 is 27.4 Å². The minimum absolute atomic E-state index is 0.0493. The maximum Gasteiger partial charge on any atom is 0.471 e. The topological polar surface area (TPSA) is 56.6 Å². The molecule has 0 aliphatic carbocycles. The molecular weight excluding hydrogens is 303 g/mol. The number of hydrogen-bond acceptors (Lipinski definition) is 4. The number of rotatable bonds is 7. The van der Waals surface area contributed by atoms with Gasteiger partial charge < -0.3 is 14.4 Å². The van der Waals surface area contributed by atoms with Crippen LogP contribution < -0.4 is 4.74 Å². The van der Waals surface area contributed by atoms with E-state index in [0.717, 1.165) is 0 Å². The molecule has 0 aliphatic heterocycles. The number of nitrogens with zero attached hydrogens (tertiary/aromatic N) is 3. The lowest BCUT2D eigenvalue weighted by Gasteiger charge is -2.25. The molecule has 126 valence electrons. The van der Waals surface area contributed by atoms with E-state index in [2.05, 4.69) is 5.10 Å². The molecule has 1 rings (SSSR count). The highest BCUT2D eigenvalue weighted by Crippen LogP contribution is 2.19. The van der Waals surface area contributed by atoms with E-state index < -0.39 is 18.2 Å². The molecule has 0 aliphatic rings. The van der Waals surface area contributed by atoms with Gasteiger partial charge in [-0.05, 0) is 13.8 Å². The van der Waals surface area contributed by atoms with Crippen molar-refractivity contribution in [2.75, 3.05) is 20.2 Å². The van der Waals surface area contributed by atoms with Crippen molar-refractivity contribution in [3.05, 3.63) is 11.8 Å². The number of carbonyl (C=O) groups is 1. The summed E-state index contributed by atoms with van der Waals surface area (Å²) in [5.74, 6) is -1.47. The van der Waals surface area contributed by atoms with Gasteiger partial charge in [-0.15, -0.1) is 0 Å². The molecule has 1 heterocycles. The first-order valence-electron chi connectivity index (χ1n) is 6.73. The minimum atomic E-state index is -4.88. The minimum Gasteiger partial charge on any atom is -0.473 e. The van der Waals surface area contributed by atoms with Crippen molar-refractivity contribution in [3.63, 3.8) is 0 Å². The molecule has 1 aromatic heterocycles. The first kappa shape index (κ1) is 18.3. The lowest BCUT2D eigenvalue weighted by molar-refractivity contribution is -0.186. The maximum absolute atomic E-state index is 12.5. The first-order chi connectivity index (χ1) is 10.2. The number of aromatic nitrogens is 2.